The van der Waals surface area contributed by atoms with Crippen molar-refractivity contribution in [2.75, 3.05) is 11.5 Å². The van der Waals surface area contributed by atoms with E-state index in [0.29, 0.717) is 0 Å². The third-order valence-electron chi connectivity index (χ3n) is 2.65. The average molecular weight is 291 g/mol. The minimum Gasteiger partial charge on any atom is -0.392 e. The number of aliphatic hydroxyl groups excluding tert-OH is 1. The van der Waals surface area contributed by atoms with E-state index in [1.807, 2.05) is 0 Å². The van der Waals surface area contributed by atoms with Gasteiger partial charge in [-0.1, -0.05) is 15.9 Å². The summed E-state index contributed by atoms with van der Waals surface area (Å²) in [5, 5.41) is 9.68. The molecule has 0 bridgehead atoms. The Hall–Kier alpha value is -0.0600. The van der Waals surface area contributed by atoms with Crippen LogP contribution in [0.5, 0.6) is 0 Å². The second-order valence-electron chi connectivity index (χ2n) is 3.80. The van der Waals surface area contributed by atoms with Gasteiger partial charge in [-0.25, -0.2) is 4.39 Å². The topological polar surface area (TPSA) is 20.2 Å². The lowest BCUT2D eigenvalue weighted by molar-refractivity contribution is 0.149. The van der Waals surface area contributed by atoms with Crippen molar-refractivity contribution in [2.45, 2.75) is 12.5 Å². The number of hydrogen-bond acceptors (Lipinski definition) is 2. The third-order valence-corrected chi connectivity index (χ3v) is 4.67. The summed E-state index contributed by atoms with van der Waals surface area (Å²) in [6, 6.07) is 4.70. The predicted octanol–water partition coefficient (Wildman–Crippen LogP) is 2.85. The standard InChI is InChI=1S/C11H12BrFOS/c12-10-2-1-9(13)4-7(10)3-8-5-15-6-11(8)14/h1-2,4,8,11,14H,3,5-6H2. The molecule has 1 nitrogen and oxygen atoms in total. The van der Waals surface area contributed by atoms with E-state index >= 15 is 0 Å². The van der Waals surface area contributed by atoms with Crippen molar-refractivity contribution < 1.29 is 9.50 Å². The SMILES string of the molecule is OC1CSCC1Cc1cc(F)ccc1Br. The molecule has 0 aromatic heterocycles. The summed E-state index contributed by atoms with van der Waals surface area (Å²) in [6.45, 7) is 0. The zero-order valence-electron chi connectivity index (χ0n) is 8.12. The fourth-order valence-electron chi connectivity index (χ4n) is 1.76. The minimum absolute atomic E-state index is 0.215. The Morgan fingerprint density at radius 2 is 2.27 bits per heavy atom. The minimum atomic E-state index is -0.245. The fraction of sp³-hybridized carbons (Fsp3) is 0.455. The Balaban J connectivity index is 2.12. The summed E-state index contributed by atoms with van der Waals surface area (Å²) >= 11 is 5.16. The highest BCUT2D eigenvalue weighted by molar-refractivity contribution is 9.10. The van der Waals surface area contributed by atoms with Crippen molar-refractivity contribution in [3.8, 4) is 0 Å². The Labute approximate surface area is 101 Å². The fourth-order valence-corrected chi connectivity index (χ4v) is 3.47. The van der Waals surface area contributed by atoms with Gasteiger partial charge in [0.2, 0.25) is 0 Å². The highest BCUT2D eigenvalue weighted by atomic mass is 79.9. The van der Waals surface area contributed by atoms with Gasteiger partial charge in [-0.05, 0) is 41.9 Å². The van der Waals surface area contributed by atoms with Crippen LogP contribution in [-0.2, 0) is 6.42 Å². The molecule has 4 heteroatoms. The first kappa shape index (κ1) is 11.4. The van der Waals surface area contributed by atoms with E-state index in [1.54, 1.807) is 23.9 Å². The molecule has 0 aliphatic carbocycles. The van der Waals surface area contributed by atoms with E-state index in [-0.39, 0.29) is 17.8 Å². The molecule has 1 saturated heterocycles. The molecule has 1 aromatic rings. The lowest BCUT2D eigenvalue weighted by atomic mass is 9.97. The highest BCUT2D eigenvalue weighted by Crippen LogP contribution is 2.29. The number of thioether (sulfide) groups is 1. The number of hydrogen-bond donors (Lipinski definition) is 1. The normalized spacial score (nSPS) is 25.8. The monoisotopic (exact) mass is 290 g/mol. The number of halogens is 2. The van der Waals surface area contributed by atoms with E-state index in [2.05, 4.69) is 15.9 Å². The van der Waals surface area contributed by atoms with Crippen LogP contribution < -0.4 is 0 Å². The van der Waals surface area contributed by atoms with Gasteiger partial charge in [-0.2, -0.15) is 11.8 Å². The van der Waals surface area contributed by atoms with E-state index < -0.39 is 0 Å². The molecule has 1 aromatic carbocycles. The molecule has 1 aliphatic rings. The summed E-state index contributed by atoms with van der Waals surface area (Å²) in [6.07, 6.45) is 0.497. The van der Waals surface area contributed by atoms with Crippen LogP contribution in [0.1, 0.15) is 5.56 Å². The van der Waals surface area contributed by atoms with Gasteiger partial charge in [0.25, 0.3) is 0 Å². The van der Waals surface area contributed by atoms with Crippen molar-refractivity contribution in [3.05, 3.63) is 34.1 Å². The van der Waals surface area contributed by atoms with Crippen LogP contribution in [0.4, 0.5) is 4.39 Å². The Morgan fingerprint density at radius 1 is 1.47 bits per heavy atom. The van der Waals surface area contributed by atoms with Crippen molar-refractivity contribution in [2.24, 2.45) is 5.92 Å². The highest BCUT2D eigenvalue weighted by Gasteiger charge is 2.26. The van der Waals surface area contributed by atoms with Crippen LogP contribution >= 0.6 is 27.7 Å². The molecule has 2 rings (SSSR count). The molecule has 1 aliphatic heterocycles. The number of benzene rings is 1. The summed E-state index contributed by atoms with van der Waals surface area (Å²) in [5.41, 5.74) is 0.946. The van der Waals surface area contributed by atoms with Crippen LogP contribution in [0, 0.1) is 11.7 Å². The smallest absolute Gasteiger partial charge is 0.123 e. The molecule has 0 spiro atoms. The first-order chi connectivity index (χ1) is 7.16. The lowest BCUT2D eigenvalue weighted by Gasteiger charge is -2.14. The molecule has 1 N–H and O–H groups in total. The van der Waals surface area contributed by atoms with Gasteiger partial charge in [-0.3, -0.25) is 0 Å². The van der Waals surface area contributed by atoms with Gasteiger partial charge in [0, 0.05) is 10.2 Å². The molecule has 0 saturated carbocycles. The Bertz CT molecular complexity index is 358. The summed E-state index contributed by atoms with van der Waals surface area (Å²) in [5.74, 6) is 1.81. The van der Waals surface area contributed by atoms with Gasteiger partial charge in [-0.15, -0.1) is 0 Å². The second-order valence-corrected chi connectivity index (χ2v) is 5.73. The van der Waals surface area contributed by atoms with Crippen molar-refractivity contribution in [1.29, 1.82) is 0 Å². The van der Waals surface area contributed by atoms with Gasteiger partial charge in [0.05, 0.1) is 6.10 Å². The molecule has 1 fully saturated rings. The molecule has 82 valence electrons. The number of rotatable bonds is 2. The van der Waals surface area contributed by atoms with Crippen molar-refractivity contribution in [3.63, 3.8) is 0 Å². The molecule has 1 heterocycles. The van der Waals surface area contributed by atoms with Gasteiger partial charge in [0.15, 0.2) is 0 Å². The number of aliphatic hydroxyl groups is 1. The predicted molar refractivity (Wildman–Crippen MR) is 64.6 cm³/mol. The maximum absolute atomic E-state index is 13.0. The maximum atomic E-state index is 13.0. The van der Waals surface area contributed by atoms with E-state index in [9.17, 15) is 9.50 Å². The van der Waals surface area contributed by atoms with Gasteiger partial charge >= 0.3 is 0 Å². The van der Waals surface area contributed by atoms with Crippen molar-refractivity contribution >= 4 is 27.7 Å². The molecule has 0 amide bonds. The van der Waals surface area contributed by atoms with Gasteiger partial charge < -0.3 is 5.11 Å². The molecule has 0 radical (unpaired) electrons. The summed E-state index contributed by atoms with van der Waals surface area (Å²) in [7, 11) is 0. The maximum Gasteiger partial charge on any atom is 0.123 e. The zero-order valence-corrected chi connectivity index (χ0v) is 10.5. The van der Waals surface area contributed by atoms with Crippen LogP contribution in [0.15, 0.2) is 22.7 Å². The second kappa shape index (κ2) is 4.85. The van der Waals surface area contributed by atoms with Crippen LogP contribution in [0.3, 0.4) is 0 Å². The van der Waals surface area contributed by atoms with E-state index in [0.717, 1.165) is 28.0 Å². The molecule has 2 atom stereocenters. The third kappa shape index (κ3) is 2.74. The summed E-state index contributed by atoms with van der Waals surface area (Å²) < 4.78 is 14.0. The van der Waals surface area contributed by atoms with Crippen LogP contribution in [0.2, 0.25) is 0 Å². The summed E-state index contributed by atoms with van der Waals surface area (Å²) in [4.78, 5) is 0. The molecular formula is C11H12BrFOS. The Kier molecular flexibility index (Phi) is 3.69. The van der Waals surface area contributed by atoms with Crippen molar-refractivity contribution in [1.82, 2.24) is 0 Å². The molecular weight excluding hydrogens is 279 g/mol. The first-order valence-electron chi connectivity index (χ1n) is 4.86. The molecule has 15 heavy (non-hydrogen) atoms. The zero-order chi connectivity index (χ0) is 10.8. The van der Waals surface area contributed by atoms with E-state index in [1.165, 1.54) is 6.07 Å². The van der Waals surface area contributed by atoms with Crippen LogP contribution in [0.25, 0.3) is 0 Å². The first-order valence-corrected chi connectivity index (χ1v) is 6.81. The average Bonchev–Trinajstić information content (AvgIpc) is 2.58. The van der Waals surface area contributed by atoms with Crippen LogP contribution in [-0.4, -0.2) is 22.7 Å². The lowest BCUT2D eigenvalue weighted by Crippen LogP contribution is -2.20. The quantitative estimate of drug-likeness (QED) is 0.904. The van der Waals surface area contributed by atoms with Gasteiger partial charge in [0.1, 0.15) is 5.82 Å². The molecule has 2 unspecified atom stereocenters. The van der Waals surface area contributed by atoms with E-state index in [4.69, 9.17) is 0 Å². The largest absolute Gasteiger partial charge is 0.392 e. The Morgan fingerprint density at radius 3 is 2.93 bits per heavy atom.